The fourth-order valence-electron chi connectivity index (χ4n) is 7.15. The van der Waals surface area contributed by atoms with E-state index in [-0.39, 0.29) is 11.3 Å². The van der Waals surface area contributed by atoms with Crippen molar-refractivity contribution in [2.45, 2.75) is 119 Å². The largest absolute Gasteiger partial charge is 0.481 e. The summed E-state index contributed by atoms with van der Waals surface area (Å²) in [4.78, 5) is 49.3. The second-order valence-corrected chi connectivity index (χ2v) is 13.6. The van der Waals surface area contributed by atoms with E-state index < -0.39 is 58.9 Å². The molecule has 0 spiro atoms. The maximum Gasteiger partial charge on any atom is 0.308 e. The molecule has 9 heteroatoms. The highest BCUT2D eigenvalue weighted by atomic mass is 16.4. The number of carbonyl (C=O) groups is 4. The van der Waals surface area contributed by atoms with Crippen molar-refractivity contribution in [1.29, 1.82) is 0 Å². The highest BCUT2D eigenvalue weighted by Gasteiger charge is 2.60. The summed E-state index contributed by atoms with van der Waals surface area (Å²) in [5.41, 5.74) is -1.63. The Morgan fingerprint density at radius 1 is 0.750 bits per heavy atom. The molecule has 1 saturated heterocycles. The molecule has 1 fully saturated rings. The van der Waals surface area contributed by atoms with Crippen LogP contribution >= 0.6 is 0 Å². The van der Waals surface area contributed by atoms with Crippen LogP contribution in [0.1, 0.15) is 119 Å². The van der Waals surface area contributed by atoms with Gasteiger partial charge >= 0.3 is 23.9 Å². The van der Waals surface area contributed by atoms with Gasteiger partial charge in [-0.05, 0) is 67.4 Å². The van der Waals surface area contributed by atoms with Gasteiger partial charge in [0.15, 0.2) is 0 Å². The molecule has 232 valence electrons. The van der Waals surface area contributed by atoms with Gasteiger partial charge in [0, 0.05) is 0 Å². The summed E-state index contributed by atoms with van der Waals surface area (Å²) in [5, 5.41) is 43.4. The molecule has 1 aliphatic heterocycles. The number of hydrogen-bond donors (Lipinski definition) is 5. The molecule has 5 N–H and O–H groups in total. The molecule has 40 heavy (non-hydrogen) atoms. The van der Waals surface area contributed by atoms with Gasteiger partial charge in [-0.25, -0.2) is 0 Å². The van der Waals surface area contributed by atoms with Crippen LogP contribution in [0, 0.1) is 39.9 Å². The van der Waals surface area contributed by atoms with Crippen LogP contribution < -0.4 is 5.32 Å². The van der Waals surface area contributed by atoms with Gasteiger partial charge in [0.2, 0.25) is 0 Å². The number of piperidine rings is 1. The molecule has 0 aromatic rings. The summed E-state index contributed by atoms with van der Waals surface area (Å²) in [6.45, 7) is 13.8. The summed E-state index contributed by atoms with van der Waals surface area (Å²) in [5.74, 6) is -11.5. The van der Waals surface area contributed by atoms with Crippen molar-refractivity contribution in [2.75, 3.05) is 13.1 Å². The molecule has 1 heterocycles. The average Bonchev–Trinajstić information content (AvgIpc) is 2.85. The number of unbranched alkanes of at least 4 members (excludes halogenated alkanes) is 4. The van der Waals surface area contributed by atoms with Gasteiger partial charge in [-0.1, -0.05) is 80.1 Å². The minimum Gasteiger partial charge on any atom is -0.481 e. The fraction of sp³-hybridized carbons (Fsp3) is 0.871. The van der Waals surface area contributed by atoms with Crippen molar-refractivity contribution in [2.24, 2.45) is 39.9 Å². The first-order chi connectivity index (χ1) is 18.5. The predicted octanol–water partition coefficient (Wildman–Crippen LogP) is 6.15. The van der Waals surface area contributed by atoms with Crippen molar-refractivity contribution in [3.63, 3.8) is 0 Å². The zero-order valence-corrected chi connectivity index (χ0v) is 25.6. The normalized spacial score (nSPS) is 18.9. The third-order valence-electron chi connectivity index (χ3n) is 9.96. The lowest BCUT2D eigenvalue weighted by Gasteiger charge is -2.55. The monoisotopic (exact) mass is 569 g/mol. The highest BCUT2D eigenvalue weighted by Crippen LogP contribution is 2.58. The van der Waals surface area contributed by atoms with E-state index in [0.29, 0.717) is 32.4 Å². The van der Waals surface area contributed by atoms with Gasteiger partial charge in [-0.15, -0.1) is 0 Å². The first-order valence-electron chi connectivity index (χ1n) is 15.1. The van der Waals surface area contributed by atoms with E-state index in [1.807, 2.05) is 20.8 Å². The van der Waals surface area contributed by atoms with E-state index in [9.17, 15) is 39.6 Å². The van der Waals surface area contributed by atoms with Gasteiger partial charge in [0.1, 0.15) is 0 Å². The lowest BCUT2D eigenvalue weighted by atomic mass is 9.48. The zero-order valence-electron chi connectivity index (χ0n) is 25.6. The molecular formula is C31H55NO8. The number of hydrogen-bond acceptors (Lipinski definition) is 5. The maximum absolute atomic E-state index is 13.0. The molecule has 0 aromatic carbocycles. The molecule has 0 amide bonds. The first-order valence-corrected chi connectivity index (χ1v) is 15.1. The number of carboxylic acid groups (broad SMARTS) is 4. The molecule has 0 radical (unpaired) electrons. The lowest BCUT2D eigenvalue weighted by molar-refractivity contribution is -0.179. The number of rotatable bonds is 20. The fourth-order valence-corrected chi connectivity index (χ4v) is 7.15. The van der Waals surface area contributed by atoms with Crippen molar-refractivity contribution >= 4 is 23.9 Å². The highest BCUT2D eigenvalue weighted by molar-refractivity contribution is 5.88. The van der Waals surface area contributed by atoms with Gasteiger partial charge in [0.25, 0.3) is 0 Å². The first kappa shape index (κ1) is 35.9. The van der Waals surface area contributed by atoms with Crippen molar-refractivity contribution < 1.29 is 39.6 Å². The summed E-state index contributed by atoms with van der Waals surface area (Å²) in [7, 11) is 0. The summed E-state index contributed by atoms with van der Waals surface area (Å²) in [6, 6.07) is 0. The molecule has 0 saturated carbocycles. The molecule has 0 aliphatic carbocycles. The average molecular weight is 570 g/mol. The minimum absolute atomic E-state index is 0.124. The van der Waals surface area contributed by atoms with E-state index >= 15 is 0 Å². The van der Waals surface area contributed by atoms with Gasteiger partial charge in [0.05, 0.1) is 24.2 Å². The second-order valence-electron chi connectivity index (χ2n) is 13.6. The summed E-state index contributed by atoms with van der Waals surface area (Å²) < 4.78 is 0. The quantitative estimate of drug-likeness (QED) is 0.108. The van der Waals surface area contributed by atoms with Crippen LogP contribution in [0.2, 0.25) is 0 Å². The van der Waals surface area contributed by atoms with Crippen molar-refractivity contribution in [3.05, 3.63) is 0 Å². The van der Waals surface area contributed by atoms with Crippen LogP contribution in [-0.4, -0.2) is 57.4 Å². The number of aliphatic carboxylic acids is 4. The third-order valence-corrected chi connectivity index (χ3v) is 9.96. The predicted molar refractivity (Wildman–Crippen MR) is 154 cm³/mol. The molecule has 1 aliphatic rings. The van der Waals surface area contributed by atoms with Crippen molar-refractivity contribution in [1.82, 2.24) is 5.32 Å². The Hall–Kier alpha value is -2.16. The van der Waals surface area contributed by atoms with Gasteiger partial charge < -0.3 is 25.7 Å². The molecule has 4 atom stereocenters. The Kier molecular flexibility index (Phi) is 14.1. The molecule has 0 bridgehead atoms. The smallest absolute Gasteiger partial charge is 0.308 e. The molecule has 0 aromatic heterocycles. The van der Waals surface area contributed by atoms with E-state index in [1.165, 1.54) is 32.1 Å². The van der Waals surface area contributed by atoms with Gasteiger partial charge in [-0.2, -0.15) is 0 Å². The third kappa shape index (κ3) is 9.74. The standard InChI is InChI=1S/C31H55NO8/c1-7-8-9-10-11-15-29(2,3)16-12-17-30(4,5)31(6,21-13-18-32-19-14-21)25(28(39)40)24(27(37)38)22(26(35)36)20-23(33)34/h21-22,24-25,32H,7-20H2,1-6H3,(H,33,34)(H,35,36)(H,37,38)(H,39,40). The Balaban J connectivity index is 3.40. The zero-order chi connectivity index (χ0) is 30.7. The SMILES string of the molecule is CCCCCCCC(C)(C)CCCC(C)(C)C(C)(C1CCNCC1)C(C(=O)O)C(C(=O)O)C(CC(=O)O)C(=O)O. The minimum atomic E-state index is -1.88. The topological polar surface area (TPSA) is 161 Å². The van der Waals surface area contributed by atoms with Gasteiger partial charge in [-0.3, -0.25) is 19.2 Å². The number of carboxylic acids is 4. The van der Waals surface area contributed by atoms with Crippen LogP contribution in [0.15, 0.2) is 0 Å². The molecule has 1 rings (SSSR count). The second kappa shape index (κ2) is 15.7. The van der Waals surface area contributed by atoms with E-state index in [4.69, 9.17) is 0 Å². The van der Waals surface area contributed by atoms with Crippen LogP contribution in [0.3, 0.4) is 0 Å². The van der Waals surface area contributed by atoms with Crippen LogP contribution in [0.25, 0.3) is 0 Å². The van der Waals surface area contributed by atoms with Crippen molar-refractivity contribution in [3.8, 4) is 0 Å². The summed E-state index contributed by atoms with van der Waals surface area (Å²) >= 11 is 0. The Bertz CT molecular complexity index is 848. The Labute approximate surface area is 240 Å². The lowest BCUT2D eigenvalue weighted by Crippen LogP contribution is -2.57. The van der Waals surface area contributed by atoms with Crippen LogP contribution in [0.4, 0.5) is 0 Å². The van der Waals surface area contributed by atoms with E-state index in [2.05, 4.69) is 26.1 Å². The summed E-state index contributed by atoms with van der Waals surface area (Å²) in [6.07, 6.45) is 9.95. The van der Waals surface area contributed by atoms with E-state index in [0.717, 1.165) is 19.3 Å². The van der Waals surface area contributed by atoms with E-state index in [1.54, 1.807) is 0 Å². The van der Waals surface area contributed by atoms with Crippen LogP contribution in [-0.2, 0) is 19.2 Å². The maximum atomic E-state index is 13.0. The van der Waals surface area contributed by atoms with Crippen LogP contribution in [0.5, 0.6) is 0 Å². The number of nitrogens with one attached hydrogen (secondary N) is 1. The Morgan fingerprint density at radius 2 is 1.30 bits per heavy atom. The molecule has 9 nitrogen and oxygen atoms in total. The molecule has 4 unspecified atom stereocenters. The molecular weight excluding hydrogens is 514 g/mol. The Morgan fingerprint density at radius 3 is 1.77 bits per heavy atom.